The Morgan fingerprint density at radius 2 is 0.909 bits per heavy atom. The molecule has 4 amide bonds. The van der Waals surface area contributed by atoms with Gasteiger partial charge in [0.15, 0.2) is 5.96 Å². The van der Waals surface area contributed by atoms with Crippen LogP contribution in [0.25, 0.3) is 0 Å². The quantitative estimate of drug-likeness (QED) is 0.140. The summed E-state index contributed by atoms with van der Waals surface area (Å²) < 4.78 is 21.9. The first-order chi connectivity index (χ1) is 26.3. The van der Waals surface area contributed by atoms with Crippen molar-refractivity contribution >= 4 is 29.6 Å². The molecule has 0 unspecified atom stereocenters. The fourth-order valence-corrected chi connectivity index (χ4v) is 7.10. The fraction of sp³-hybridized carbons (Fsp3) is 0.564. The van der Waals surface area contributed by atoms with Crippen LogP contribution in [0.1, 0.15) is 92.8 Å². The van der Waals surface area contributed by atoms with Gasteiger partial charge in [0.1, 0.15) is 23.0 Å². The van der Waals surface area contributed by atoms with Crippen LogP contribution in [0.3, 0.4) is 0 Å². The minimum absolute atomic E-state index is 0.0328. The van der Waals surface area contributed by atoms with Crippen molar-refractivity contribution in [3.63, 3.8) is 0 Å². The lowest BCUT2D eigenvalue weighted by Gasteiger charge is -2.30. The third-order valence-electron chi connectivity index (χ3n) is 9.98. The van der Waals surface area contributed by atoms with E-state index in [1.807, 2.05) is 38.0 Å². The van der Waals surface area contributed by atoms with Gasteiger partial charge in [0.05, 0.1) is 56.7 Å². The number of guanidine groups is 1. The van der Waals surface area contributed by atoms with Crippen molar-refractivity contribution < 1.29 is 38.1 Å². The largest absolute Gasteiger partial charge is 0.496 e. The smallest absolute Gasteiger partial charge is 0.255 e. The number of amides is 4. The second-order valence-electron chi connectivity index (χ2n) is 14.2. The van der Waals surface area contributed by atoms with Gasteiger partial charge in [0.2, 0.25) is 0 Å². The van der Waals surface area contributed by atoms with Gasteiger partial charge in [-0.25, -0.2) is 4.99 Å². The molecule has 16 nitrogen and oxygen atoms in total. The summed E-state index contributed by atoms with van der Waals surface area (Å²) in [7, 11) is 13.7. The highest BCUT2D eigenvalue weighted by Gasteiger charge is 2.30. The van der Waals surface area contributed by atoms with E-state index in [2.05, 4.69) is 21.3 Å². The predicted octanol–water partition coefficient (Wildman–Crippen LogP) is 2.40. The van der Waals surface area contributed by atoms with Crippen molar-refractivity contribution in [2.45, 2.75) is 75.5 Å². The number of nitrogens with two attached hydrogens (primary N) is 1. The van der Waals surface area contributed by atoms with Gasteiger partial charge in [-0.05, 0) is 63.5 Å². The van der Waals surface area contributed by atoms with E-state index in [4.69, 9.17) is 29.7 Å². The standard InChI is InChI=1S/C39H58N8O8/c1-46(2)39(47(3)4)45-26-15-13-25(14-16-26)44-38(51)30-20-29(33(54-7)22-34(30)55-8)37(50)43-24-11-9-23(10-12-24)42-36(49)28-19-27(35(48)41-18-17-40)31(52-5)21-32(28)53-6/h19-26H,9-18,40H2,1-8H3,(H,41,48)(H,42,49)(H,43,50)(H,44,51)/t23-,24+,25-,26+. The second kappa shape index (κ2) is 19.9. The number of nitrogens with zero attached hydrogens (tertiary/aromatic N) is 3. The monoisotopic (exact) mass is 766 g/mol. The SMILES string of the molecule is COc1cc(OC)c(C(=O)N[C@H]2CC[C@@H](NC(=O)c3cc(C(=O)N[C@H]4CC[C@@H](N=C(N(C)C)N(C)C)CC4)c(OC)cc3OC)CC2)cc1C(=O)NCCN. The summed E-state index contributed by atoms with van der Waals surface area (Å²) in [5.74, 6) is 0.528. The Labute approximate surface area is 323 Å². The van der Waals surface area contributed by atoms with Gasteiger partial charge in [0.25, 0.3) is 23.6 Å². The van der Waals surface area contributed by atoms with Gasteiger partial charge in [-0.3, -0.25) is 19.2 Å². The van der Waals surface area contributed by atoms with Crippen LogP contribution < -0.4 is 45.9 Å². The highest BCUT2D eigenvalue weighted by atomic mass is 16.5. The molecular weight excluding hydrogens is 708 g/mol. The van der Waals surface area contributed by atoms with Crippen LogP contribution in [0, 0.1) is 0 Å². The molecule has 2 aliphatic rings. The number of benzene rings is 2. The normalized spacial score (nSPS) is 19.2. The van der Waals surface area contributed by atoms with Gasteiger partial charge in [0, 0.05) is 71.5 Å². The molecule has 0 heterocycles. The van der Waals surface area contributed by atoms with E-state index in [1.165, 1.54) is 46.6 Å². The molecule has 0 atom stereocenters. The molecule has 6 N–H and O–H groups in total. The molecule has 2 aromatic carbocycles. The van der Waals surface area contributed by atoms with Crippen molar-refractivity contribution in [1.29, 1.82) is 0 Å². The van der Waals surface area contributed by atoms with Gasteiger partial charge in [-0.1, -0.05) is 0 Å². The maximum Gasteiger partial charge on any atom is 0.255 e. The van der Waals surface area contributed by atoms with Gasteiger partial charge >= 0.3 is 0 Å². The van der Waals surface area contributed by atoms with Crippen LogP contribution in [0.4, 0.5) is 0 Å². The first-order valence-corrected chi connectivity index (χ1v) is 18.7. The molecule has 0 aliphatic heterocycles. The number of carbonyl (C=O) groups excluding carboxylic acids is 4. The Morgan fingerprint density at radius 3 is 1.22 bits per heavy atom. The first kappa shape index (κ1) is 42.5. The summed E-state index contributed by atoms with van der Waals surface area (Å²) in [6, 6.07) is 5.86. The zero-order chi connectivity index (χ0) is 40.2. The molecule has 0 bridgehead atoms. The molecule has 2 saturated carbocycles. The molecule has 0 saturated heterocycles. The number of rotatable bonds is 14. The number of aliphatic imine (C=N–C) groups is 1. The fourth-order valence-electron chi connectivity index (χ4n) is 7.10. The van der Waals surface area contributed by atoms with Crippen LogP contribution in [0.2, 0.25) is 0 Å². The van der Waals surface area contributed by atoms with Crippen molar-refractivity contribution in [3.05, 3.63) is 46.5 Å². The summed E-state index contributed by atoms with van der Waals surface area (Å²) in [6.07, 6.45) is 5.67. The number of ether oxygens (including phenoxy) is 4. The summed E-state index contributed by atoms with van der Waals surface area (Å²) in [5.41, 5.74) is 6.39. The summed E-state index contributed by atoms with van der Waals surface area (Å²) >= 11 is 0. The Kier molecular flexibility index (Phi) is 15.4. The van der Waals surface area contributed by atoms with Crippen molar-refractivity contribution in [2.24, 2.45) is 10.7 Å². The Balaban J connectivity index is 1.38. The third-order valence-corrected chi connectivity index (χ3v) is 9.98. The molecule has 2 aromatic rings. The number of nitrogens with one attached hydrogen (secondary N) is 4. The number of hydrogen-bond donors (Lipinski definition) is 5. The van der Waals surface area contributed by atoms with Crippen molar-refractivity contribution in [2.75, 3.05) is 69.7 Å². The van der Waals surface area contributed by atoms with Crippen LogP contribution in [0.15, 0.2) is 29.3 Å². The van der Waals surface area contributed by atoms with E-state index in [-0.39, 0.29) is 88.6 Å². The average Bonchev–Trinajstić information content (AvgIpc) is 3.18. The molecule has 0 spiro atoms. The molecule has 302 valence electrons. The maximum atomic E-state index is 13.7. The van der Waals surface area contributed by atoms with Crippen molar-refractivity contribution in [1.82, 2.24) is 31.1 Å². The van der Waals surface area contributed by atoms with E-state index >= 15 is 0 Å². The lowest BCUT2D eigenvalue weighted by Crippen LogP contribution is -2.44. The summed E-state index contributed by atoms with van der Waals surface area (Å²) in [4.78, 5) is 62.4. The van der Waals surface area contributed by atoms with E-state index in [9.17, 15) is 19.2 Å². The predicted molar refractivity (Wildman–Crippen MR) is 210 cm³/mol. The molecule has 16 heteroatoms. The molecule has 4 rings (SSSR count). The Bertz CT molecular complexity index is 1690. The minimum Gasteiger partial charge on any atom is -0.496 e. The molecule has 0 aromatic heterocycles. The number of methoxy groups -OCH3 is 4. The number of carbonyl (C=O) groups is 4. The van der Waals surface area contributed by atoms with E-state index < -0.39 is 11.8 Å². The van der Waals surface area contributed by atoms with E-state index in [0.717, 1.165) is 31.6 Å². The lowest BCUT2D eigenvalue weighted by atomic mass is 9.90. The molecule has 0 radical (unpaired) electrons. The summed E-state index contributed by atoms with van der Waals surface area (Å²) in [6.45, 7) is 0.533. The van der Waals surface area contributed by atoms with Gasteiger partial charge in [-0.15, -0.1) is 0 Å². The minimum atomic E-state index is -0.417. The zero-order valence-electron chi connectivity index (χ0n) is 33.4. The lowest BCUT2D eigenvalue weighted by molar-refractivity contribution is 0.0886. The highest BCUT2D eigenvalue weighted by molar-refractivity contribution is 6.04. The second-order valence-corrected chi connectivity index (χ2v) is 14.2. The first-order valence-electron chi connectivity index (χ1n) is 18.7. The number of hydrogen-bond acceptors (Lipinski definition) is 10. The molecular formula is C39H58N8O8. The average molecular weight is 767 g/mol. The Hall–Kier alpha value is -5.25. The van der Waals surface area contributed by atoms with Gasteiger partial charge < -0.3 is 55.7 Å². The van der Waals surface area contributed by atoms with E-state index in [0.29, 0.717) is 31.4 Å². The topological polar surface area (TPSA) is 198 Å². The third kappa shape index (κ3) is 10.9. The Morgan fingerprint density at radius 1 is 0.582 bits per heavy atom. The summed E-state index contributed by atoms with van der Waals surface area (Å²) in [5, 5.41) is 12.0. The van der Waals surface area contributed by atoms with Crippen LogP contribution >= 0.6 is 0 Å². The molecule has 2 fully saturated rings. The van der Waals surface area contributed by atoms with Crippen LogP contribution in [0.5, 0.6) is 23.0 Å². The van der Waals surface area contributed by atoms with Crippen LogP contribution in [-0.2, 0) is 0 Å². The molecule has 55 heavy (non-hydrogen) atoms. The van der Waals surface area contributed by atoms with Crippen LogP contribution in [-0.4, -0.2) is 133 Å². The maximum absolute atomic E-state index is 13.7. The highest BCUT2D eigenvalue weighted by Crippen LogP contribution is 2.32. The van der Waals surface area contributed by atoms with Gasteiger partial charge in [-0.2, -0.15) is 0 Å². The molecule has 2 aliphatic carbocycles. The van der Waals surface area contributed by atoms with Crippen molar-refractivity contribution in [3.8, 4) is 23.0 Å². The zero-order valence-corrected chi connectivity index (χ0v) is 33.4. The van der Waals surface area contributed by atoms with E-state index in [1.54, 1.807) is 6.07 Å².